The van der Waals surface area contributed by atoms with Crippen molar-refractivity contribution in [2.45, 2.75) is 58.1 Å². The first-order valence-electron chi connectivity index (χ1n) is 5.65. The summed E-state index contributed by atoms with van der Waals surface area (Å²) in [4.78, 5) is 0. The van der Waals surface area contributed by atoms with E-state index in [2.05, 4.69) is 12.2 Å². The third kappa shape index (κ3) is 3.65. The summed E-state index contributed by atoms with van der Waals surface area (Å²) in [6.45, 7) is 4.87. The smallest absolute Gasteiger partial charge is 0.0636 e. The van der Waals surface area contributed by atoms with Gasteiger partial charge in [-0.2, -0.15) is 0 Å². The minimum absolute atomic E-state index is 0.209. The van der Waals surface area contributed by atoms with Gasteiger partial charge < -0.3 is 10.4 Å². The number of rotatable bonds is 4. The monoisotopic (exact) mass is 185 g/mol. The van der Waals surface area contributed by atoms with Crippen molar-refractivity contribution in [3.05, 3.63) is 0 Å². The molecule has 78 valence electrons. The number of hydrogen-bond acceptors (Lipinski definition) is 2. The predicted molar refractivity (Wildman–Crippen MR) is 55.7 cm³/mol. The molecule has 0 aromatic carbocycles. The molecule has 0 unspecified atom stereocenters. The Bertz CT molecular complexity index is 136. The van der Waals surface area contributed by atoms with Gasteiger partial charge in [-0.25, -0.2) is 0 Å². The van der Waals surface area contributed by atoms with Crippen molar-refractivity contribution in [1.29, 1.82) is 0 Å². The fraction of sp³-hybridized carbons (Fsp3) is 1.00. The molecular weight excluding hydrogens is 162 g/mol. The summed E-state index contributed by atoms with van der Waals surface area (Å²) in [6, 6.07) is 0.661. The third-order valence-corrected chi connectivity index (χ3v) is 3.11. The molecule has 0 bridgehead atoms. The molecule has 1 aliphatic carbocycles. The molecule has 2 N–H and O–H groups in total. The van der Waals surface area contributed by atoms with E-state index in [4.69, 9.17) is 0 Å². The van der Waals surface area contributed by atoms with E-state index in [-0.39, 0.29) is 6.10 Å². The highest BCUT2D eigenvalue weighted by molar-refractivity contribution is 4.80. The van der Waals surface area contributed by atoms with Crippen LogP contribution >= 0.6 is 0 Å². The van der Waals surface area contributed by atoms with Crippen LogP contribution in [0.15, 0.2) is 0 Å². The summed E-state index contributed by atoms with van der Waals surface area (Å²) in [7, 11) is 0. The predicted octanol–water partition coefficient (Wildman–Crippen LogP) is 1.93. The summed E-state index contributed by atoms with van der Waals surface area (Å²) >= 11 is 0. The van der Waals surface area contributed by atoms with Crippen LogP contribution < -0.4 is 5.32 Å². The van der Waals surface area contributed by atoms with E-state index in [1.54, 1.807) is 0 Å². The molecule has 3 atom stereocenters. The molecule has 1 rings (SSSR count). The lowest BCUT2D eigenvalue weighted by atomic mass is 9.83. The first kappa shape index (κ1) is 11.0. The summed E-state index contributed by atoms with van der Waals surface area (Å²) in [6.07, 6.45) is 6.48. The summed E-state index contributed by atoms with van der Waals surface area (Å²) < 4.78 is 0. The fourth-order valence-corrected chi connectivity index (χ4v) is 2.29. The van der Waals surface area contributed by atoms with Gasteiger partial charge in [0.2, 0.25) is 0 Å². The minimum atomic E-state index is -0.209. The molecule has 0 aromatic rings. The molecule has 2 nitrogen and oxygen atoms in total. The maximum Gasteiger partial charge on any atom is 0.0636 e. The second kappa shape index (κ2) is 5.61. The quantitative estimate of drug-likeness (QED) is 0.701. The minimum Gasteiger partial charge on any atom is -0.392 e. The normalized spacial score (nSPS) is 31.6. The zero-order valence-corrected chi connectivity index (χ0v) is 8.92. The van der Waals surface area contributed by atoms with Crippen LogP contribution in [0.1, 0.15) is 46.0 Å². The lowest BCUT2D eigenvalue weighted by molar-refractivity contribution is 0.167. The van der Waals surface area contributed by atoms with Gasteiger partial charge in [0.15, 0.2) is 0 Å². The highest BCUT2D eigenvalue weighted by atomic mass is 16.3. The highest BCUT2D eigenvalue weighted by Gasteiger charge is 2.22. The summed E-state index contributed by atoms with van der Waals surface area (Å²) in [5.74, 6) is 0.840. The van der Waals surface area contributed by atoms with Crippen LogP contribution in [0, 0.1) is 5.92 Å². The molecule has 1 aliphatic rings. The first-order chi connectivity index (χ1) is 6.24. The summed E-state index contributed by atoms with van der Waals surface area (Å²) in [5, 5.41) is 12.7. The van der Waals surface area contributed by atoms with Gasteiger partial charge in [-0.15, -0.1) is 0 Å². The Balaban J connectivity index is 2.27. The largest absolute Gasteiger partial charge is 0.392 e. The van der Waals surface area contributed by atoms with Crippen molar-refractivity contribution in [3.63, 3.8) is 0 Å². The van der Waals surface area contributed by atoms with E-state index < -0.39 is 0 Å². The molecule has 0 aliphatic heterocycles. The van der Waals surface area contributed by atoms with Gasteiger partial charge in [-0.3, -0.25) is 0 Å². The van der Waals surface area contributed by atoms with Crippen molar-refractivity contribution >= 4 is 0 Å². The van der Waals surface area contributed by atoms with E-state index >= 15 is 0 Å². The van der Waals surface area contributed by atoms with Crippen molar-refractivity contribution in [2.24, 2.45) is 5.92 Å². The molecule has 0 saturated heterocycles. The van der Waals surface area contributed by atoms with E-state index in [1.165, 1.54) is 32.1 Å². The summed E-state index contributed by atoms with van der Waals surface area (Å²) in [5.41, 5.74) is 0. The number of aliphatic hydroxyl groups is 1. The molecule has 0 radical (unpaired) electrons. The van der Waals surface area contributed by atoms with Gasteiger partial charge in [0.1, 0.15) is 0 Å². The third-order valence-electron chi connectivity index (χ3n) is 3.11. The number of nitrogens with one attached hydrogen (secondary N) is 1. The zero-order valence-electron chi connectivity index (χ0n) is 8.92. The zero-order chi connectivity index (χ0) is 9.68. The van der Waals surface area contributed by atoms with Gasteiger partial charge in [-0.1, -0.05) is 26.2 Å². The molecule has 1 fully saturated rings. The average molecular weight is 185 g/mol. The molecule has 0 heterocycles. The number of aliphatic hydroxyl groups excluding tert-OH is 1. The van der Waals surface area contributed by atoms with Gasteiger partial charge in [0, 0.05) is 12.6 Å². The maximum absolute atomic E-state index is 9.18. The van der Waals surface area contributed by atoms with E-state index in [0.717, 1.165) is 12.5 Å². The van der Waals surface area contributed by atoms with E-state index in [9.17, 15) is 5.11 Å². The van der Waals surface area contributed by atoms with Crippen molar-refractivity contribution in [2.75, 3.05) is 6.54 Å². The standard InChI is InChI=1S/C11H23NO/c1-3-10-6-4-5-7-11(10)12-8-9(2)13/h9-13H,3-8H2,1-2H3/t9-,10+,11+/m1/s1. The van der Waals surface area contributed by atoms with E-state index in [0.29, 0.717) is 6.04 Å². The SMILES string of the molecule is CC[C@H]1CCCC[C@@H]1NC[C@@H](C)O. The maximum atomic E-state index is 9.18. The highest BCUT2D eigenvalue weighted by Crippen LogP contribution is 2.26. The second-order valence-corrected chi connectivity index (χ2v) is 4.32. The lowest BCUT2D eigenvalue weighted by Crippen LogP contribution is -2.41. The van der Waals surface area contributed by atoms with Crippen LogP contribution in [0.2, 0.25) is 0 Å². The Hall–Kier alpha value is -0.0800. The van der Waals surface area contributed by atoms with Crippen LogP contribution in [0.3, 0.4) is 0 Å². The Labute approximate surface area is 81.7 Å². The average Bonchev–Trinajstić information content (AvgIpc) is 2.15. The van der Waals surface area contributed by atoms with Crippen molar-refractivity contribution < 1.29 is 5.11 Å². The van der Waals surface area contributed by atoms with Crippen LogP contribution in [0.4, 0.5) is 0 Å². The molecule has 13 heavy (non-hydrogen) atoms. The number of hydrogen-bond donors (Lipinski definition) is 2. The van der Waals surface area contributed by atoms with Gasteiger partial charge in [-0.05, 0) is 25.7 Å². The molecule has 0 aromatic heterocycles. The Morgan fingerprint density at radius 2 is 2.08 bits per heavy atom. The molecule has 0 amide bonds. The lowest BCUT2D eigenvalue weighted by Gasteiger charge is -2.32. The van der Waals surface area contributed by atoms with Gasteiger partial charge in [0.25, 0.3) is 0 Å². The molecule has 2 heteroatoms. The Kier molecular flexibility index (Phi) is 4.74. The first-order valence-corrected chi connectivity index (χ1v) is 5.65. The Morgan fingerprint density at radius 3 is 2.69 bits per heavy atom. The topological polar surface area (TPSA) is 32.3 Å². The van der Waals surface area contributed by atoms with Crippen LogP contribution in [-0.4, -0.2) is 23.8 Å². The van der Waals surface area contributed by atoms with Crippen molar-refractivity contribution in [1.82, 2.24) is 5.32 Å². The molecular formula is C11H23NO. The van der Waals surface area contributed by atoms with Crippen LogP contribution in [0.5, 0.6) is 0 Å². The van der Waals surface area contributed by atoms with Gasteiger partial charge >= 0.3 is 0 Å². The van der Waals surface area contributed by atoms with Gasteiger partial charge in [0.05, 0.1) is 6.10 Å². The second-order valence-electron chi connectivity index (χ2n) is 4.32. The van der Waals surface area contributed by atoms with Crippen LogP contribution in [0.25, 0.3) is 0 Å². The molecule has 0 spiro atoms. The fourth-order valence-electron chi connectivity index (χ4n) is 2.29. The Morgan fingerprint density at radius 1 is 1.38 bits per heavy atom. The molecule has 1 saturated carbocycles. The van der Waals surface area contributed by atoms with Crippen molar-refractivity contribution in [3.8, 4) is 0 Å². The van der Waals surface area contributed by atoms with E-state index in [1.807, 2.05) is 6.92 Å². The van der Waals surface area contributed by atoms with Crippen LogP contribution in [-0.2, 0) is 0 Å².